The van der Waals surface area contributed by atoms with Crippen molar-refractivity contribution < 1.29 is 19.1 Å². The minimum absolute atomic E-state index is 0.224. The van der Waals surface area contributed by atoms with Gasteiger partial charge in [0.05, 0.1) is 18.4 Å². The van der Waals surface area contributed by atoms with Gasteiger partial charge in [0.15, 0.2) is 6.10 Å². The molecule has 0 aromatic heterocycles. The van der Waals surface area contributed by atoms with E-state index < -0.39 is 12.1 Å². The van der Waals surface area contributed by atoms with E-state index in [-0.39, 0.29) is 5.91 Å². The van der Waals surface area contributed by atoms with Crippen LogP contribution in [0.4, 0.5) is 5.69 Å². The van der Waals surface area contributed by atoms with Crippen LogP contribution in [0.5, 0.6) is 5.75 Å². The van der Waals surface area contributed by atoms with Gasteiger partial charge in [-0.15, -0.1) is 0 Å². The molecule has 0 aliphatic carbocycles. The van der Waals surface area contributed by atoms with Gasteiger partial charge in [0, 0.05) is 6.42 Å². The van der Waals surface area contributed by atoms with E-state index in [0.29, 0.717) is 23.4 Å². The molecule has 112 valence electrons. The van der Waals surface area contributed by atoms with E-state index in [9.17, 15) is 9.59 Å². The number of nitrogens with one attached hydrogen (secondary N) is 1. The number of rotatable bonds is 3. The number of ether oxygens (including phenoxy) is 2. The molecule has 0 bridgehead atoms. The molecule has 0 saturated carbocycles. The molecule has 22 heavy (non-hydrogen) atoms. The summed E-state index contributed by atoms with van der Waals surface area (Å²) in [7, 11) is 1.31. The van der Waals surface area contributed by atoms with Crippen LogP contribution < -0.4 is 10.1 Å². The first kappa shape index (κ1) is 14.1. The summed E-state index contributed by atoms with van der Waals surface area (Å²) in [5, 5.41) is 2.78. The normalized spacial score (nSPS) is 16.2. The fourth-order valence-corrected chi connectivity index (χ4v) is 2.36. The highest BCUT2D eigenvalue weighted by Crippen LogP contribution is 2.31. The molecule has 1 amide bonds. The summed E-state index contributed by atoms with van der Waals surface area (Å²) in [5.41, 5.74) is 1.88. The first-order valence-electron chi connectivity index (χ1n) is 6.91. The molecule has 0 radical (unpaired) electrons. The van der Waals surface area contributed by atoms with Crippen LogP contribution in [0.3, 0.4) is 0 Å². The summed E-state index contributed by atoms with van der Waals surface area (Å²) in [6.07, 6.45) is -0.0934. The number of esters is 1. The predicted molar refractivity (Wildman–Crippen MR) is 81.0 cm³/mol. The number of hydrogen-bond donors (Lipinski definition) is 1. The lowest BCUT2D eigenvalue weighted by Crippen LogP contribution is -2.38. The summed E-state index contributed by atoms with van der Waals surface area (Å²) < 4.78 is 10.4. The van der Waals surface area contributed by atoms with Gasteiger partial charge in [-0.1, -0.05) is 30.3 Å². The topological polar surface area (TPSA) is 64.6 Å². The van der Waals surface area contributed by atoms with Crippen LogP contribution in [0.2, 0.25) is 0 Å². The van der Waals surface area contributed by atoms with Crippen LogP contribution in [-0.2, 0) is 16.0 Å². The number of hydrogen-bond acceptors (Lipinski definition) is 4. The lowest BCUT2D eigenvalue weighted by molar-refractivity contribution is -0.123. The lowest BCUT2D eigenvalue weighted by Gasteiger charge is -2.26. The molecule has 1 N–H and O–H groups in total. The second-order valence-electron chi connectivity index (χ2n) is 4.99. The number of benzene rings is 2. The van der Waals surface area contributed by atoms with Crippen molar-refractivity contribution in [3.63, 3.8) is 0 Å². The molecule has 0 saturated heterocycles. The third-order valence-electron chi connectivity index (χ3n) is 3.48. The van der Waals surface area contributed by atoms with Gasteiger partial charge in [-0.3, -0.25) is 4.79 Å². The fraction of sp³-hybridized carbons (Fsp3) is 0.176. The van der Waals surface area contributed by atoms with Gasteiger partial charge in [-0.25, -0.2) is 4.79 Å². The Morgan fingerprint density at radius 1 is 1.23 bits per heavy atom. The predicted octanol–water partition coefficient (Wildman–Crippen LogP) is 2.42. The Hall–Kier alpha value is -2.82. The van der Waals surface area contributed by atoms with Crippen molar-refractivity contribution >= 4 is 17.6 Å². The van der Waals surface area contributed by atoms with E-state index in [1.165, 1.54) is 7.11 Å². The maximum Gasteiger partial charge on any atom is 0.337 e. The molecule has 2 aromatic carbocycles. The van der Waals surface area contributed by atoms with E-state index in [1.807, 2.05) is 30.3 Å². The van der Waals surface area contributed by atoms with E-state index in [1.54, 1.807) is 18.2 Å². The van der Waals surface area contributed by atoms with Crippen LogP contribution in [0, 0.1) is 0 Å². The first-order chi connectivity index (χ1) is 10.7. The largest absolute Gasteiger partial charge is 0.478 e. The fourth-order valence-electron chi connectivity index (χ4n) is 2.36. The van der Waals surface area contributed by atoms with Gasteiger partial charge in [0.1, 0.15) is 5.75 Å². The third-order valence-corrected chi connectivity index (χ3v) is 3.48. The first-order valence-corrected chi connectivity index (χ1v) is 6.91. The summed E-state index contributed by atoms with van der Waals surface area (Å²) in [5.74, 6) is -0.130. The van der Waals surface area contributed by atoms with E-state index in [0.717, 1.165) is 5.56 Å². The van der Waals surface area contributed by atoms with Crippen LogP contribution >= 0.6 is 0 Å². The second-order valence-corrected chi connectivity index (χ2v) is 4.99. The monoisotopic (exact) mass is 297 g/mol. The SMILES string of the molecule is COC(=O)c1ccc2c(c1)NC(=O)[C@H](Cc1ccccc1)O2. The summed E-state index contributed by atoms with van der Waals surface area (Å²) >= 11 is 0. The average molecular weight is 297 g/mol. The quantitative estimate of drug-likeness (QED) is 0.884. The Kier molecular flexibility index (Phi) is 3.78. The highest BCUT2D eigenvalue weighted by atomic mass is 16.5. The zero-order valence-electron chi connectivity index (χ0n) is 12.0. The number of carbonyl (C=O) groups excluding carboxylic acids is 2. The molecule has 2 aromatic rings. The summed E-state index contributed by atoms with van der Waals surface area (Å²) in [6.45, 7) is 0. The van der Waals surface area contributed by atoms with E-state index >= 15 is 0 Å². The van der Waals surface area contributed by atoms with E-state index in [2.05, 4.69) is 10.1 Å². The van der Waals surface area contributed by atoms with Crippen LogP contribution in [0.1, 0.15) is 15.9 Å². The van der Waals surface area contributed by atoms with Crippen LogP contribution in [-0.4, -0.2) is 25.1 Å². The molecule has 1 aliphatic heterocycles. The molecule has 5 heteroatoms. The van der Waals surface area contributed by atoms with Crippen molar-refractivity contribution in [2.45, 2.75) is 12.5 Å². The molecule has 1 aliphatic rings. The number of methoxy groups -OCH3 is 1. The molecule has 0 unspecified atom stereocenters. The summed E-state index contributed by atoms with van der Waals surface area (Å²) in [4.78, 5) is 23.7. The third kappa shape index (κ3) is 2.79. The maximum absolute atomic E-state index is 12.2. The zero-order chi connectivity index (χ0) is 15.5. The minimum atomic E-state index is -0.584. The van der Waals surface area contributed by atoms with Gasteiger partial charge in [-0.05, 0) is 23.8 Å². The average Bonchev–Trinajstić information content (AvgIpc) is 2.55. The Morgan fingerprint density at radius 2 is 2.00 bits per heavy atom. The van der Waals surface area contributed by atoms with Gasteiger partial charge in [0.2, 0.25) is 0 Å². The van der Waals surface area contributed by atoms with Crippen molar-refractivity contribution in [2.24, 2.45) is 0 Å². The molecule has 0 fully saturated rings. The Balaban J connectivity index is 1.81. The maximum atomic E-state index is 12.2. The highest BCUT2D eigenvalue weighted by Gasteiger charge is 2.28. The van der Waals surface area contributed by atoms with Crippen molar-refractivity contribution in [3.05, 3.63) is 59.7 Å². The van der Waals surface area contributed by atoms with Crippen molar-refractivity contribution in [2.75, 3.05) is 12.4 Å². The smallest absolute Gasteiger partial charge is 0.337 e. The van der Waals surface area contributed by atoms with Crippen LogP contribution in [0.15, 0.2) is 48.5 Å². The summed E-state index contributed by atoms with van der Waals surface area (Å²) in [6, 6.07) is 14.5. The molecular formula is C17H15NO4. The van der Waals surface area contributed by atoms with Gasteiger partial charge in [-0.2, -0.15) is 0 Å². The lowest BCUT2D eigenvalue weighted by atomic mass is 10.1. The van der Waals surface area contributed by atoms with Gasteiger partial charge >= 0.3 is 5.97 Å². The Labute approximate surface area is 127 Å². The standard InChI is InChI=1S/C17H15NO4/c1-21-17(20)12-7-8-14-13(10-12)18-16(19)15(22-14)9-11-5-3-2-4-6-11/h2-8,10,15H,9H2,1H3,(H,18,19)/t15-/m0/s1. The van der Waals surface area contributed by atoms with Crippen molar-refractivity contribution in [1.82, 2.24) is 0 Å². The molecule has 1 heterocycles. The molecule has 0 spiro atoms. The molecule has 3 rings (SSSR count). The number of anilines is 1. The van der Waals surface area contributed by atoms with E-state index in [4.69, 9.17) is 4.74 Å². The number of carbonyl (C=O) groups is 2. The highest BCUT2D eigenvalue weighted by molar-refractivity contribution is 6.00. The molecule has 1 atom stereocenters. The van der Waals surface area contributed by atoms with Gasteiger partial charge in [0.25, 0.3) is 5.91 Å². The Morgan fingerprint density at radius 3 is 2.73 bits per heavy atom. The number of fused-ring (bicyclic) bond motifs is 1. The Bertz CT molecular complexity index is 712. The number of amides is 1. The van der Waals surface area contributed by atoms with Gasteiger partial charge < -0.3 is 14.8 Å². The zero-order valence-corrected chi connectivity index (χ0v) is 12.0. The molecule has 5 nitrogen and oxygen atoms in total. The van der Waals surface area contributed by atoms with Crippen LogP contribution in [0.25, 0.3) is 0 Å². The van der Waals surface area contributed by atoms with Crippen molar-refractivity contribution in [1.29, 1.82) is 0 Å². The van der Waals surface area contributed by atoms with Crippen molar-refractivity contribution in [3.8, 4) is 5.75 Å². The molecular weight excluding hydrogens is 282 g/mol. The minimum Gasteiger partial charge on any atom is -0.478 e. The second kappa shape index (κ2) is 5.89.